The van der Waals surface area contributed by atoms with Gasteiger partial charge in [-0.3, -0.25) is 9.69 Å². The van der Waals surface area contributed by atoms with Crippen LogP contribution in [0.5, 0.6) is 0 Å². The number of methoxy groups -OCH3 is 1. The first-order chi connectivity index (χ1) is 15.3. The number of carbonyl (C=O) groups excluding carboxylic acids is 2. The van der Waals surface area contributed by atoms with E-state index in [0.717, 1.165) is 22.6 Å². The molecule has 5 nitrogen and oxygen atoms in total. The monoisotopic (exact) mass is 426 g/mol. The Labute approximate surface area is 188 Å². The molecule has 1 aliphatic rings. The van der Waals surface area contributed by atoms with Gasteiger partial charge in [-0.2, -0.15) is 0 Å². The molecule has 4 rings (SSSR count). The quantitative estimate of drug-likeness (QED) is 0.421. The van der Waals surface area contributed by atoms with E-state index in [9.17, 15) is 9.59 Å². The molecule has 3 aromatic rings. The Morgan fingerprint density at radius 2 is 1.56 bits per heavy atom. The number of benzene rings is 2. The molecule has 2 heterocycles. The fourth-order valence-corrected chi connectivity index (χ4v) is 4.25. The molecule has 0 N–H and O–H groups in total. The summed E-state index contributed by atoms with van der Waals surface area (Å²) in [6, 6.07) is 19.7. The van der Waals surface area contributed by atoms with Crippen LogP contribution in [0.2, 0.25) is 0 Å². The van der Waals surface area contributed by atoms with E-state index in [0.29, 0.717) is 22.5 Å². The number of aromatic nitrogens is 1. The van der Waals surface area contributed by atoms with Gasteiger partial charge in [0.2, 0.25) is 0 Å². The summed E-state index contributed by atoms with van der Waals surface area (Å²) in [4.78, 5) is 27.7. The number of nitrogens with zero attached hydrogens (tertiary/aromatic N) is 2. The van der Waals surface area contributed by atoms with Crippen LogP contribution in [0, 0.1) is 20.8 Å². The topological polar surface area (TPSA) is 51.5 Å². The number of hydrogen-bond acceptors (Lipinski definition) is 3. The number of aryl methyl sites for hydroxylation is 2. The summed E-state index contributed by atoms with van der Waals surface area (Å²) >= 11 is 0. The molecule has 1 aromatic heterocycles. The fourth-order valence-electron chi connectivity index (χ4n) is 4.25. The van der Waals surface area contributed by atoms with E-state index < -0.39 is 5.97 Å². The Bertz CT molecular complexity index is 1260. The van der Waals surface area contributed by atoms with Crippen LogP contribution in [0.4, 0.5) is 5.69 Å². The summed E-state index contributed by atoms with van der Waals surface area (Å²) in [5, 5.41) is 0. The summed E-state index contributed by atoms with van der Waals surface area (Å²) in [5.74, 6) is -0.762. The molecule has 1 aliphatic heterocycles. The molecule has 0 spiro atoms. The molecule has 32 heavy (non-hydrogen) atoms. The van der Waals surface area contributed by atoms with E-state index in [4.69, 9.17) is 4.74 Å². The van der Waals surface area contributed by atoms with Crippen LogP contribution in [0.1, 0.15) is 29.4 Å². The Balaban J connectivity index is 1.84. The molecule has 2 aromatic carbocycles. The van der Waals surface area contributed by atoms with Crippen LogP contribution in [-0.2, 0) is 14.3 Å². The Morgan fingerprint density at radius 1 is 0.906 bits per heavy atom. The smallest absolute Gasteiger partial charge is 0.340 e. The second-order valence-corrected chi connectivity index (χ2v) is 7.98. The van der Waals surface area contributed by atoms with Gasteiger partial charge < -0.3 is 9.30 Å². The van der Waals surface area contributed by atoms with Crippen LogP contribution in [0.25, 0.3) is 11.8 Å². The van der Waals surface area contributed by atoms with Crippen molar-refractivity contribution in [3.05, 3.63) is 100 Å². The van der Waals surface area contributed by atoms with Crippen molar-refractivity contribution in [3.63, 3.8) is 0 Å². The highest BCUT2D eigenvalue weighted by atomic mass is 16.5. The van der Waals surface area contributed by atoms with Gasteiger partial charge in [-0.05, 0) is 69.7 Å². The summed E-state index contributed by atoms with van der Waals surface area (Å²) in [7, 11) is 1.33. The Kier molecular flexibility index (Phi) is 5.57. The van der Waals surface area contributed by atoms with Crippen LogP contribution in [0.15, 0.2) is 77.5 Å². The number of ether oxygens (including phenoxy) is 1. The third-order valence-electron chi connectivity index (χ3n) is 5.87. The molecule has 0 fully saturated rings. The van der Waals surface area contributed by atoms with Crippen molar-refractivity contribution in [2.24, 2.45) is 0 Å². The van der Waals surface area contributed by atoms with Gasteiger partial charge in [0, 0.05) is 28.5 Å². The van der Waals surface area contributed by atoms with Gasteiger partial charge in [-0.1, -0.05) is 35.9 Å². The minimum absolute atomic E-state index is 0.241. The largest absolute Gasteiger partial charge is 0.465 e. The molecule has 162 valence electrons. The molecule has 1 amide bonds. The molecule has 0 aliphatic carbocycles. The predicted molar refractivity (Wildman–Crippen MR) is 127 cm³/mol. The van der Waals surface area contributed by atoms with Gasteiger partial charge in [-0.15, -0.1) is 0 Å². The van der Waals surface area contributed by atoms with Crippen molar-refractivity contribution in [1.29, 1.82) is 0 Å². The SMILES string of the molecule is COC(=O)C1=C(C)N(c2ccccc2)C(=O)/C1=C\c1cc(C)n(-c2ccc(C)cc2)c1C. The minimum Gasteiger partial charge on any atom is -0.465 e. The lowest BCUT2D eigenvalue weighted by Crippen LogP contribution is -2.24. The lowest BCUT2D eigenvalue weighted by atomic mass is 10.0. The maximum Gasteiger partial charge on any atom is 0.340 e. The number of para-hydroxylation sites is 1. The van der Waals surface area contributed by atoms with Crippen molar-refractivity contribution in [2.45, 2.75) is 27.7 Å². The zero-order valence-electron chi connectivity index (χ0n) is 19.0. The van der Waals surface area contributed by atoms with Crippen molar-refractivity contribution in [1.82, 2.24) is 4.57 Å². The zero-order valence-corrected chi connectivity index (χ0v) is 19.0. The normalized spacial score (nSPS) is 15.1. The fraction of sp³-hybridized carbons (Fsp3) is 0.185. The molecule has 5 heteroatoms. The van der Waals surface area contributed by atoms with Crippen LogP contribution < -0.4 is 4.90 Å². The number of rotatable bonds is 4. The molecule has 0 saturated heterocycles. The average Bonchev–Trinajstić information content (AvgIpc) is 3.20. The summed E-state index contributed by atoms with van der Waals surface area (Å²) in [6.07, 6.45) is 1.80. The average molecular weight is 427 g/mol. The van der Waals surface area contributed by atoms with Gasteiger partial charge in [-0.25, -0.2) is 4.79 Å². The van der Waals surface area contributed by atoms with Crippen LogP contribution in [0.3, 0.4) is 0 Å². The molecule has 0 saturated carbocycles. The van der Waals surface area contributed by atoms with Gasteiger partial charge in [0.1, 0.15) is 0 Å². The van der Waals surface area contributed by atoms with E-state index >= 15 is 0 Å². The van der Waals surface area contributed by atoms with Crippen molar-refractivity contribution in [2.75, 3.05) is 12.0 Å². The summed E-state index contributed by atoms with van der Waals surface area (Å²) < 4.78 is 7.17. The molecular formula is C27H26N2O3. The van der Waals surface area contributed by atoms with Crippen molar-refractivity contribution in [3.8, 4) is 5.69 Å². The van der Waals surface area contributed by atoms with Crippen molar-refractivity contribution >= 4 is 23.6 Å². The highest BCUT2D eigenvalue weighted by Gasteiger charge is 2.38. The molecule has 0 radical (unpaired) electrons. The van der Waals surface area contributed by atoms with E-state index in [2.05, 4.69) is 35.8 Å². The second-order valence-electron chi connectivity index (χ2n) is 7.98. The Hall–Kier alpha value is -3.86. The van der Waals surface area contributed by atoms with Gasteiger partial charge >= 0.3 is 5.97 Å². The first-order valence-electron chi connectivity index (χ1n) is 10.5. The minimum atomic E-state index is -0.520. The number of hydrogen-bond donors (Lipinski definition) is 0. The first kappa shape index (κ1) is 21.4. The maximum atomic E-state index is 13.5. The lowest BCUT2D eigenvalue weighted by molar-refractivity contribution is -0.136. The van der Waals surface area contributed by atoms with E-state index in [1.807, 2.05) is 50.2 Å². The number of anilines is 1. The highest BCUT2D eigenvalue weighted by Crippen LogP contribution is 2.36. The van der Waals surface area contributed by atoms with E-state index in [1.165, 1.54) is 12.7 Å². The Morgan fingerprint density at radius 3 is 2.19 bits per heavy atom. The van der Waals surface area contributed by atoms with E-state index in [1.54, 1.807) is 17.9 Å². The summed E-state index contributed by atoms with van der Waals surface area (Å²) in [5.41, 5.74) is 7.07. The molecule has 0 unspecified atom stereocenters. The lowest BCUT2D eigenvalue weighted by Gasteiger charge is -2.17. The number of esters is 1. The molecule has 0 atom stereocenters. The van der Waals surface area contributed by atoms with Crippen molar-refractivity contribution < 1.29 is 14.3 Å². The van der Waals surface area contributed by atoms with Gasteiger partial charge in [0.15, 0.2) is 0 Å². The number of amides is 1. The van der Waals surface area contributed by atoms with Crippen LogP contribution in [-0.4, -0.2) is 23.6 Å². The zero-order chi connectivity index (χ0) is 23.0. The highest BCUT2D eigenvalue weighted by molar-refractivity contribution is 6.23. The maximum absolute atomic E-state index is 13.5. The standard InChI is InChI=1S/C27H26N2O3/c1-17-11-13-23(14-12-17)28-18(2)15-21(19(28)3)16-24-25(27(31)32-5)20(4)29(26(24)30)22-9-7-6-8-10-22/h6-16H,1-5H3/b24-16-. The van der Waals surface area contributed by atoms with Crippen LogP contribution >= 0.6 is 0 Å². The van der Waals surface area contributed by atoms with Gasteiger partial charge in [0.25, 0.3) is 5.91 Å². The number of allylic oxidation sites excluding steroid dienone is 1. The van der Waals surface area contributed by atoms with Gasteiger partial charge in [0.05, 0.1) is 18.3 Å². The third-order valence-corrected chi connectivity index (χ3v) is 5.87. The number of carbonyl (C=O) groups is 2. The molecule has 0 bridgehead atoms. The first-order valence-corrected chi connectivity index (χ1v) is 10.5. The molecular weight excluding hydrogens is 400 g/mol. The van der Waals surface area contributed by atoms with E-state index in [-0.39, 0.29) is 5.91 Å². The second kappa shape index (κ2) is 8.35. The third kappa shape index (κ3) is 3.56. The predicted octanol–water partition coefficient (Wildman–Crippen LogP) is 5.28. The summed E-state index contributed by atoms with van der Waals surface area (Å²) in [6.45, 7) is 7.88.